The second-order valence-corrected chi connectivity index (χ2v) is 8.83. The largest absolute Gasteiger partial charge is 0.573 e. The Kier molecular flexibility index (Phi) is 7.76. The Morgan fingerprint density at radius 2 is 1.41 bits per heavy atom. The van der Waals surface area contributed by atoms with Gasteiger partial charge >= 0.3 is 6.36 Å². The minimum absolute atomic E-state index is 0.158. The van der Waals surface area contributed by atoms with Crippen molar-refractivity contribution in [1.82, 2.24) is 0 Å². The minimum atomic E-state index is -5.01. The van der Waals surface area contributed by atoms with Gasteiger partial charge in [-0.05, 0) is 83.7 Å². The predicted molar refractivity (Wildman–Crippen MR) is 128 cm³/mol. The van der Waals surface area contributed by atoms with Gasteiger partial charge in [0.05, 0.1) is 5.56 Å². The summed E-state index contributed by atoms with van der Waals surface area (Å²) in [6, 6.07) is 13.3. The summed E-state index contributed by atoms with van der Waals surface area (Å²) in [4.78, 5) is 0. The molecule has 0 amide bonds. The second-order valence-electron chi connectivity index (χ2n) is 8.83. The van der Waals surface area contributed by atoms with Crippen molar-refractivity contribution in [3.8, 4) is 16.9 Å². The molecule has 0 N–H and O–H groups in total. The first-order valence-electron chi connectivity index (χ1n) is 11.8. The fourth-order valence-electron chi connectivity index (χ4n) is 4.30. The first kappa shape index (κ1) is 26.5. The summed E-state index contributed by atoms with van der Waals surface area (Å²) in [7, 11) is 0. The molecule has 0 atom stereocenters. The number of hydrogen-bond acceptors (Lipinski definition) is 1. The van der Waals surface area contributed by atoms with Crippen LogP contribution in [0.5, 0.6) is 5.75 Å². The van der Waals surface area contributed by atoms with Crippen LogP contribution < -0.4 is 4.74 Å². The number of unbranched alkanes of at least 4 members (excludes halogenated alkanes) is 1. The summed E-state index contributed by atoms with van der Waals surface area (Å²) in [6.07, 6.45) is -2.37. The summed E-state index contributed by atoms with van der Waals surface area (Å²) < 4.78 is 99.2. The maximum atomic E-state index is 15.2. The molecule has 0 aromatic heterocycles. The number of halogens is 7. The summed E-state index contributed by atoms with van der Waals surface area (Å²) in [5, 5.41) is 0.703. The van der Waals surface area contributed by atoms with Gasteiger partial charge in [-0.25, -0.2) is 17.6 Å². The van der Waals surface area contributed by atoms with Gasteiger partial charge in [0.1, 0.15) is 17.5 Å². The van der Waals surface area contributed by atoms with Gasteiger partial charge in [-0.1, -0.05) is 43.7 Å². The number of alkyl halides is 3. The van der Waals surface area contributed by atoms with Crippen molar-refractivity contribution in [2.75, 3.05) is 0 Å². The molecule has 0 radical (unpaired) electrons. The fraction of sp³-hybridized carbons (Fsp3) is 0.241. The summed E-state index contributed by atoms with van der Waals surface area (Å²) >= 11 is 0. The number of aryl methyl sites for hydroxylation is 3. The highest BCUT2D eigenvalue weighted by molar-refractivity contribution is 5.88. The van der Waals surface area contributed by atoms with Gasteiger partial charge in [-0.2, -0.15) is 0 Å². The van der Waals surface area contributed by atoms with E-state index < -0.39 is 35.4 Å². The first-order valence-corrected chi connectivity index (χ1v) is 11.8. The highest BCUT2D eigenvalue weighted by Gasteiger charge is 2.32. The zero-order valence-electron chi connectivity index (χ0n) is 19.9. The monoisotopic (exact) mass is 520 g/mol. The zero-order chi connectivity index (χ0) is 26.7. The molecule has 4 aromatic rings. The van der Waals surface area contributed by atoms with E-state index in [9.17, 15) is 26.3 Å². The Balaban J connectivity index is 1.54. The summed E-state index contributed by atoms with van der Waals surface area (Å²) in [6.45, 7) is 1.99. The van der Waals surface area contributed by atoms with E-state index in [1.807, 2.05) is 6.92 Å². The van der Waals surface area contributed by atoms with Crippen LogP contribution in [0, 0.1) is 23.3 Å². The number of hydrogen-bond donors (Lipinski definition) is 0. The fourth-order valence-corrected chi connectivity index (χ4v) is 4.30. The van der Waals surface area contributed by atoms with Crippen molar-refractivity contribution in [1.29, 1.82) is 0 Å². The number of fused-ring (bicyclic) bond motifs is 1. The van der Waals surface area contributed by atoms with E-state index in [1.165, 1.54) is 42.5 Å². The Hall–Kier alpha value is -3.55. The van der Waals surface area contributed by atoms with E-state index in [0.717, 1.165) is 25.0 Å². The van der Waals surface area contributed by atoms with Crippen molar-refractivity contribution in [2.45, 2.75) is 45.4 Å². The predicted octanol–water partition coefficient (Wildman–Crippen LogP) is 9.09. The van der Waals surface area contributed by atoms with Crippen LogP contribution in [0.4, 0.5) is 30.7 Å². The molecule has 0 fully saturated rings. The second kappa shape index (κ2) is 10.8. The van der Waals surface area contributed by atoms with Gasteiger partial charge in [0.15, 0.2) is 11.6 Å². The topological polar surface area (TPSA) is 9.23 Å². The van der Waals surface area contributed by atoms with E-state index in [4.69, 9.17) is 0 Å². The minimum Gasteiger partial charge on any atom is -0.403 e. The van der Waals surface area contributed by atoms with Crippen molar-refractivity contribution >= 4 is 10.8 Å². The molecule has 0 heterocycles. The van der Waals surface area contributed by atoms with Gasteiger partial charge in [-0.15, -0.1) is 13.2 Å². The highest BCUT2D eigenvalue weighted by Crippen LogP contribution is 2.32. The Labute approximate surface area is 209 Å². The van der Waals surface area contributed by atoms with Gasteiger partial charge in [0, 0.05) is 5.39 Å². The van der Waals surface area contributed by atoms with Gasteiger partial charge in [0.2, 0.25) is 0 Å². The third kappa shape index (κ3) is 6.24. The maximum Gasteiger partial charge on any atom is 0.573 e. The maximum absolute atomic E-state index is 15.2. The molecule has 0 saturated heterocycles. The Bertz CT molecular complexity index is 1400. The third-order valence-corrected chi connectivity index (χ3v) is 6.15. The van der Waals surface area contributed by atoms with E-state index in [0.29, 0.717) is 28.5 Å². The molecule has 8 heteroatoms. The standard InChI is InChI=1S/C29H23F7O/c1-2-3-4-18-14-24(31)27(25(32)15-18)21-10-11-22-20(16-21)9-8-19(28(22)33)7-5-17-6-12-26(23(30)13-17)37-29(34,35)36/h6,8-16H,2-5,7H2,1H3. The molecule has 0 aliphatic rings. The lowest BCUT2D eigenvalue weighted by molar-refractivity contribution is -0.275. The van der Waals surface area contributed by atoms with Crippen molar-refractivity contribution in [3.05, 3.63) is 101 Å². The molecule has 0 aliphatic heterocycles. The average Bonchev–Trinajstić information content (AvgIpc) is 2.83. The molecule has 0 aliphatic carbocycles. The number of benzene rings is 4. The van der Waals surface area contributed by atoms with Crippen LogP contribution in [-0.4, -0.2) is 6.36 Å². The molecule has 37 heavy (non-hydrogen) atoms. The van der Waals surface area contributed by atoms with Gasteiger partial charge < -0.3 is 4.74 Å². The smallest absolute Gasteiger partial charge is 0.403 e. The molecule has 1 nitrogen and oxygen atoms in total. The van der Waals surface area contributed by atoms with Crippen LogP contribution in [-0.2, 0) is 19.3 Å². The van der Waals surface area contributed by atoms with Crippen LogP contribution >= 0.6 is 0 Å². The Morgan fingerprint density at radius 3 is 2.05 bits per heavy atom. The molecule has 4 aromatic carbocycles. The molecule has 194 valence electrons. The average molecular weight is 520 g/mol. The molecule has 0 unspecified atom stereocenters. The number of rotatable bonds is 8. The summed E-state index contributed by atoms with van der Waals surface area (Å²) in [5.41, 5.74) is 1.38. The summed E-state index contributed by atoms with van der Waals surface area (Å²) in [5.74, 6) is -3.99. The highest BCUT2D eigenvalue weighted by atomic mass is 19.4. The van der Waals surface area contributed by atoms with Crippen LogP contribution in [0.3, 0.4) is 0 Å². The molecule has 4 rings (SSSR count). The third-order valence-electron chi connectivity index (χ3n) is 6.15. The normalized spacial score (nSPS) is 11.8. The molecular formula is C29H23F7O. The van der Waals surface area contributed by atoms with Crippen molar-refractivity contribution in [2.24, 2.45) is 0 Å². The molecule has 0 bridgehead atoms. The quantitative estimate of drug-likeness (QED) is 0.211. The van der Waals surface area contributed by atoms with E-state index in [2.05, 4.69) is 4.74 Å². The van der Waals surface area contributed by atoms with Crippen molar-refractivity contribution < 1.29 is 35.5 Å². The molecular weight excluding hydrogens is 497 g/mol. The van der Waals surface area contributed by atoms with E-state index >= 15 is 4.39 Å². The SMILES string of the molecule is CCCCc1cc(F)c(-c2ccc3c(F)c(CCc4ccc(OC(F)(F)F)c(F)c4)ccc3c2)c(F)c1. The van der Waals surface area contributed by atoms with Crippen molar-refractivity contribution in [3.63, 3.8) is 0 Å². The Morgan fingerprint density at radius 1 is 0.703 bits per heavy atom. The van der Waals surface area contributed by atoms with E-state index in [1.54, 1.807) is 6.07 Å². The van der Waals surface area contributed by atoms with Gasteiger partial charge in [0.25, 0.3) is 0 Å². The zero-order valence-corrected chi connectivity index (χ0v) is 19.9. The van der Waals surface area contributed by atoms with Gasteiger partial charge in [-0.3, -0.25) is 0 Å². The lowest BCUT2D eigenvalue weighted by atomic mass is 9.95. The van der Waals surface area contributed by atoms with Crippen LogP contribution in [0.15, 0.2) is 60.7 Å². The molecule has 0 saturated carbocycles. The van der Waals surface area contributed by atoms with Crippen LogP contribution in [0.2, 0.25) is 0 Å². The first-order chi connectivity index (χ1) is 17.6. The van der Waals surface area contributed by atoms with Crippen LogP contribution in [0.1, 0.15) is 36.5 Å². The lowest BCUT2D eigenvalue weighted by Gasteiger charge is -2.12. The van der Waals surface area contributed by atoms with Crippen LogP contribution in [0.25, 0.3) is 21.9 Å². The lowest BCUT2D eigenvalue weighted by Crippen LogP contribution is -2.18. The molecule has 0 spiro atoms. The number of ether oxygens (including phenoxy) is 1. The van der Waals surface area contributed by atoms with E-state index in [-0.39, 0.29) is 29.4 Å².